The van der Waals surface area contributed by atoms with Crippen molar-refractivity contribution in [3.8, 4) is 5.75 Å². The van der Waals surface area contributed by atoms with E-state index in [0.29, 0.717) is 32.1 Å². The van der Waals surface area contributed by atoms with Gasteiger partial charge in [-0.1, -0.05) is 0 Å². The molecule has 0 spiro atoms. The molecule has 0 bridgehead atoms. The van der Waals surface area contributed by atoms with Crippen LogP contribution in [0.25, 0.3) is 0 Å². The van der Waals surface area contributed by atoms with E-state index in [-0.39, 0.29) is 11.6 Å². The predicted octanol–water partition coefficient (Wildman–Crippen LogP) is 1.49. The van der Waals surface area contributed by atoms with E-state index in [0.717, 1.165) is 0 Å². The maximum atomic E-state index is 13.7. The van der Waals surface area contributed by atoms with Crippen LogP contribution in [0.3, 0.4) is 0 Å². The molecule has 1 aliphatic rings. The number of methoxy groups -OCH3 is 1. The standard InChI is InChI=1S/C14H19FN2O3/c1-10(14(18)17-5-7-20-8-6-17)16-13-9-11(19-2)3-4-12(13)15/h3-4,9-10,16H,5-8H2,1-2H3. The zero-order valence-electron chi connectivity index (χ0n) is 11.7. The Morgan fingerprint density at radius 1 is 1.45 bits per heavy atom. The molecule has 1 aromatic rings. The van der Waals surface area contributed by atoms with E-state index in [1.54, 1.807) is 17.9 Å². The second kappa shape index (κ2) is 6.56. The van der Waals surface area contributed by atoms with Gasteiger partial charge in [-0.15, -0.1) is 0 Å². The summed E-state index contributed by atoms with van der Waals surface area (Å²) in [4.78, 5) is 13.9. The first kappa shape index (κ1) is 14.6. The summed E-state index contributed by atoms with van der Waals surface area (Å²) in [6, 6.07) is 3.88. The topological polar surface area (TPSA) is 50.8 Å². The van der Waals surface area contributed by atoms with Gasteiger partial charge in [0.05, 0.1) is 26.0 Å². The number of rotatable bonds is 4. The molecule has 1 N–H and O–H groups in total. The van der Waals surface area contributed by atoms with Crippen molar-refractivity contribution in [2.45, 2.75) is 13.0 Å². The highest BCUT2D eigenvalue weighted by Gasteiger charge is 2.23. The van der Waals surface area contributed by atoms with Gasteiger partial charge in [-0.3, -0.25) is 4.79 Å². The van der Waals surface area contributed by atoms with Gasteiger partial charge in [0.25, 0.3) is 0 Å². The Kier molecular flexibility index (Phi) is 4.79. The second-order valence-corrected chi connectivity index (χ2v) is 4.65. The van der Waals surface area contributed by atoms with Crippen LogP contribution in [-0.2, 0) is 9.53 Å². The maximum Gasteiger partial charge on any atom is 0.244 e. The lowest BCUT2D eigenvalue weighted by Gasteiger charge is -2.29. The monoisotopic (exact) mass is 282 g/mol. The van der Waals surface area contributed by atoms with E-state index < -0.39 is 11.9 Å². The van der Waals surface area contributed by atoms with Crippen molar-refractivity contribution in [1.82, 2.24) is 4.90 Å². The van der Waals surface area contributed by atoms with Gasteiger partial charge in [0.2, 0.25) is 5.91 Å². The fraction of sp³-hybridized carbons (Fsp3) is 0.500. The first-order valence-electron chi connectivity index (χ1n) is 6.58. The van der Waals surface area contributed by atoms with Crippen molar-refractivity contribution in [2.24, 2.45) is 0 Å². The van der Waals surface area contributed by atoms with Crippen LogP contribution in [0.15, 0.2) is 18.2 Å². The molecular weight excluding hydrogens is 263 g/mol. The Bertz CT molecular complexity index is 475. The molecule has 1 fully saturated rings. The van der Waals surface area contributed by atoms with Gasteiger partial charge in [0.1, 0.15) is 17.6 Å². The van der Waals surface area contributed by atoms with E-state index in [1.165, 1.54) is 19.2 Å². The maximum absolute atomic E-state index is 13.7. The van der Waals surface area contributed by atoms with Crippen molar-refractivity contribution >= 4 is 11.6 Å². The van der Waals surface area contributed by atoms with E-state index >= 15 is 0 Å². The van der Waals surface area contributed by atoms with Crippen molar-refractivity contribution in [1.29, 1.82) is 0 Å². The normalized spacial score (nSPS) is 16.6. The molecule has 0 aromatic heterocycles. The lowest BCUT2D eigenvalue weighted by molar-refractivity contribution is -0.135. The molecule has 1 aliphatic heterocycles. The lowest BCUT2D eigenvalue weighted by Crippen LogP contribution is -2.47. The Balaban J connectivity index is 2.03. The number of ether oxygens (including phenoxy) is 2. The fourth-order valence-electron chi connectivity index (χ4n) is 2.09. The van der Waals surface area contributed by atoms with Crippen LogP contribution < -0.4 is 10.1 Å². The van der Waals surface area contributed by atoms with Gasteiger partial charge in [0.15, 0.2) is 0 Å². The molecule has 6 heteroatoms. The molecular formula is C14H19FN2O3. The van der Waals surface area contributed by atoms with Gasteiger partial charge >= 0.3 is 0 Å². The van der Waals surface area contributed by atoms with Gasteiger partial charge in [-0.25, -0.2) is 4.39 Å². The average Bonchev–Trinajstić information content (AvgIpc) is 2.49. The summed E-state index contributed by atoms with van der Waals surface area (Å²) in [6.45, 7) is 3.96. The van der Waals surface area contributed by atoms with Crippen molar-refractivity contribution in [3.63, 3.8) is 0 Å². The van der Waals surface area contributed by atoms with E-state index in [9.17, 15) is 9.18 Å². The molecule has 2 rings (SSSR count). The highest BCUT2D eigenvalue weighted by Crippen LogP contribution is 2.22. The summed E-state index contributed by atoms with van der Waals surface area (Å²) < 4.78 is 24.0. The molecule has 1 unspecified atom stereocenters. The summed E-state index contributed by atoms with van der Waals surface area (Å²) in [5.41, 5.74) is 0.262. The molecule has 0 saturated carbocycles. The first-order valence-corrected chi connectivity index (χ1v) is 6.58. The molecule has 0 aliphatic carbocycles. The van der Waals surface area contributed by atoms with Crippen LogP contribution in [0.2, 0.25) is 0 Å². The fourth-order valence-corrected chi connectivity index (χ4v) is 2.09. The summed E-state index contributed by atoms with van der Waals surface area (Å²) in [6.07, 6.45) is 0. The number of morpholine rings is 1. The minimum Gasteiger partial charge on any atom is -0.497 e. The molecule has 20 heavy (non-hydrogen) atoms. The minimum atomic E-state index is -0.505. The molecule has 0 radical (unpaired) electrons. The van der Waals surface area contributed by atoms with Crippen LogP contribution >= 0.6 is 0 Å². The Labute approximate surface area is 117 Å². The van der Waals surface area contributed by atoms with E-state index in [1.807, 2.05) is 0 Å². The van der Waals surface area contributed by atoms with Crippen molar-refractivity contribution in [3.05, 3.63) is 24.0 Å². The molecule has 110 valence electrons. The van der Waals surface area contributed by atoms with Gasteiger partial charge in [-0.05, 0) is 19.1 Å². The molecule has 1 saturated heterocycles. The number of hydrogen-bond acceptors (Lipinski definition) is 4. The zero-order chi connectivity index (χ0) is 14.5. The van der Waals surface area contributed by atoms with Crippen LogP contribution in [0, 0.1) is 5.82 Å². The molecule has 5 nitrogen and oxygen atoms in total. The highest BCUT2D eigenvalue weighted by atomic mass is 19.1. The summed E-state index contributed by atoms with van der Waals surface area (Å²) in [7, 11) is 1.51. The third-order valence-corrected chi connectivity index (χ3v) is 3.24. The zero-order valence-corrected chi connectivity index (χ0v) is 11.7. The largest absolute Gasteiger partial charge is 0.497 e. The summed E-state index contributed by atoms with van der Waals surface area (Å²) in [5, 5.41) is 2.89. The van der Waals surface area contributed by atoms with Gasteiger partial charge in [-0.2, -0.15) is 0 Å². The third kappa shape index (κ3) is 3.39. The lowest BCUT2D eigenvalue weighted by atomic mass is 10.2. The number of carbonyl (C=O) groups is 1. The number of amides is 1. The number of anilines is 1. The van der Waals surface area contributed by atoms with Crippen LogP contribution in [0.4, 0.5) is 10.1 Å². The smallest absolute Gasteiger partial charge is 0.244 e. The molecule has 1 heterocycles. The predicted molar refractivity (Wildman–Crippen MR) is 73.4 cm³/mol. The van der Waals surface area contributed by atoms with Crippen molar-refractivity contribution in [2.75, 3.05) is 38.7 Å². The van der Waals surface area contributed by atoms with Crippen LogP contribution in [0.1, 0.15) is 6.92 Å². The minimum absolute atomic E-state index is 0.0597. The average molecular weight is 282 g/mol. The molecule has 1 atom stereocenters. The number of halogens is 1. The van der Waals surface area contributed by atoms with Crippen molar-refractivity contribution < 1.29 is 18.7 Å². The number of benzene rings is 1. The third-order valence-electron chi connectivity index (χ3n) is 3.24. The second-order valence-electron chi connectivity index (χ2n) is 4.65. The SMILES string of the molecule is COc1ccc(F)c(NC(C)C(=O)N2CCOCC2)c1. The Hall–Kier alpha value is -1.82. The summed E-state index contributed by atoms with van der Waals surface area (Å²) in [5.74, 6) is 0.0721. The van der Waals surface area contributed by atoms with E-state index in [4.69, 9.17) is 9.47 Å². The first-order chi connectivity index (χ1) is 9.61. The number of nitrogens with zero attached hydrogens (tertiary/aromatic N) is 1. The van der Waals surface area contributed by atoms with Crippen LogP contribution in [0.5, 0.6) is 5.75 Å². The molecule has 1 aromatic carbocycles. The Morgan fingerprint density at radius 2 is 2.15 bits per heavy atom. The molecule has 1 amide bonds. The Morgan fingerprint density at radius 3 is 2.80 bits per heavy atom. The van der Waals surface area contributed by atoms with E-state index in [2.05, 4.69) is 5.32 Å². The number of nitrogens with one attached hydrogen (secondary N) is 1. The number of carbonyl (C=O) groups excluding carboxylic acids is 1. The number of hydrogen-bond donors (Lipinski definition) is 1. The van der Waals surface area contributed by atoms with Gasteiger partial charge in [0, 0.05) is 19.2 Å². The summed E-state index contributed by atoms with van der Waals surface area (Å²) >= 11 is 0. The highest BCUT2D eigenvalue weighted by molar-refractivity contribution is 5.84. The quantitative estimate of drug-likeness (QED) is 0.909. The van der Waals surface area contributed by atoms with Crippen LogP contribution in [-0.4, -0.2) is 50.3 Å². The van der Waals surface area contributed by atoms with Gasteiger partial charge < -0.3 is 19.7 Å².